The van der Waals surface area contributed by atoms with E-state index in [1.165, 1.54) is 0 Å². The Morgan fingerprint density at radius 3 is 2.47 bits per heavy atom. The molecule has 3 amide bonds. The summed E-state index contributed by atoms with van der Waals surface area (Å²) < 4.78 is 5.87. The first-order chi connectivity index (χ1) is 15.5. The number of piperidine rings is 1. The number of amides is 3. The van der Waals surface area contributed by atoms with Crippen LogP contribution >= 0.6 is 0 Å². The van der Waals surface area contributed by atoms with E-state index in [2.05, 4.69) is 28.2 Å². The summed E-state index contributed by atoms with van der Waals surface area (Å²) >= 11 is 0. The minimum atomic E-state index is -0.213. The maximum Gasteiger partial charge on any atom is 0.320 e. The summed E-state index contributed by atoms with van der Waals surface area (Å²) in [6.45, 7) is 13.0. The zero-order valence-corrected chi connectivity index (χ0v) is 20.1. The van der Waals surface area contributed by atoms with Gasteiger partial charge in [-0.1, -0.05) is 0 Å². The molecule has 0 saturated carbocycles. The molecule has 8 nitrogen and oxygen atoms in total. The monoisotopic (exact) mass is 445 g/mol. The highest BCUT2D eigenvalue weighted by Gasteiger charge is 2.30. The van der Waals surface area contributed by atoms with Crippen LogP contribution in [-0.2, 0) is 4.79 Å². The highest BCUT2D eigenvalue weighted by molar-refractivity contribution is 5.95. The fourth-order valence-corrected chi connectivity index (χ4v) is 4.44. The molecule has 0 spiro atoms. The van der Waals surface area contributed by atoms with Crippen molar-refractivity contribution in [2.45, 2.75) is 33.6 Å². The average molecular weight is 446 g/mol. The lowest BCUT2D eigenvalue weighted by Crippen LogP contribution is -2.49. The molecule has 0 bridgehead atoms. The fourth-order valence-electron chi connectivity index (χ4n) is 4.44. The lowest BCUT2D eigenvalue weighted by molar-refractivity contribution is -0.121. The molecule has 0 aliphatic carbocycles. The number of hydrogen-bond acceptors (Lipinski definition) is 5. The summed E-state index contributed by atoms with van der Waals surface area (Å²) in [5, 5.41) is 3.08. The number of ether oxygens (including phenoxy) is 1. The number of benzene rings is 1. The van der Waals surface area contributed by atoms with Gasteiger partial charge in [0.25, 0.3) is 0 Å². The van der Waals surface area contributed by atoms with Crippen LogP contribution in [0.4, 0.5) is 16.2 Å². The fraction of sp³-hybridized carbons (Fsp3) is 0.667. The van der Waals surface area contributed by atoms with Gasteiger partial charge in [-0.3, -0.25) is 4.79 Å². The normalized spacial score (nSPS) is 19.6. The van der Waals surface area contributed by atoms with Crippen LogP contribution in [0.2, 0.25) is 0 Å². The van der Waals surface area contributed by atoms with E-state index in [0.29, 0.717) is 44.2 Å². The van der Waals surface area contributed by atoms with Gasteiger partial charge in [0.15, 0.2) is 0 Å². The first-order valence-electron chi connectivity index (χ1n) is 12.0. The zero-order valence-electron chi connectivity index (χ0n) is 20.1. The van der Waals surface area contributed by atoms with Crippen molar-refractivity contribution in [3.63, 3.8) is 0 Å². The highest BCUT2D eigenvalue weighted by Crippen LogP contribution is 2.31. The Hall–Kier alpha value is -2.48. The van der Waals surface area contributed by atoms with Crippen molar-refractivity contribution in [1.82, 2.24) is 14.7 Å². The summed E-state index contributed by atoms with van der Waals surface area (Å²) in [5.74, 6) is 0.439. The zero-order chi connectivity index (χ0) is 23.1. The van der Waals surface area contributed by atoms with Crippen LogP contribution in [-0.4, -0.2) is 92.7 Å². The number of piperazine rings is 1. The van der Waals surface area contributed by atoms with Crippen LogP contribution in [0.15, 0.2) is 18.2 Å². The van der Waals surface area contributed by atoms with Crippen LogP contribution in [0.3, 0.4) is 0 Å². The molecule has 0 radical (unpaired) electrons. The van der Waals surface area contributed by atoms with E-state index in [9.17, 15) is 9.59 Å². The van der Waals surface area contributed by atoms with Crippen molar-refractivity contribution in [1.29, 1.82) is 0 Å². The van der Waals surface area contributed by atoms with Gasteiger partial charge in [-0.2, -0.15) is 0 Å². The van der Waals surface area contributed by atoms with Gasteiger partial charge in [0.2, 0.25) is 5.91 Å². The maximum absolute atomic E-state index is 13.1. The number of nitrogens with zero attached hydrogens (tertiary/aromatic N) is 4. The standard InChI is InChI=1S/C24H39N5O3/c1-5-27(6-2)24(31)29-12-8-9-19(18-29)23(30)25-21-11-10-20(17-22(21)32-7-3)28-15-13-26(4)14-16-28/h10-11,17,19H,5-9,12-16,18H2,1-4H3,(H,25,30)/t19-/m0/s1. The minimum absolute atomic E-state index is 0.0269. The molecule has 2 heterocycles. The molecule has 32 heavy (non-hydrogen) atoms. The topological polar surface area (TPSA) is 68.4 Å². The Kier molecular flexibility index (Phi) is 8.61. The molecule has 2 aliphatic heterocycles. The number of nitrogens with one attached hydrogen (secondary N) is 1. The van der Waals surface area contributed by atoms with Gasteiger partial charge < -0.3 is 29.7 Å². The molecule has 8 heteroatoms. The molecule has 2 saturated heterocycles. The van der Waals surface area contributed by atoms with E-state index in [0.717, 1.165) is 44.7 Å². The van der Waals surface area contributed by atoms with E-state index >= 15 is 0 Å². The second kappa shape index (κ2) is 11.4. The Morgan fingerprint density at radius 1 is 1.09 bits per heavy atom. The van der Waals surface area contributed by atoms with Crippen molar-refractivity contribution >= 4 is 23.3 Å². The van der Waals surface area contributed by atoms with Gasteiger partial charge in [0.05, 0.1) is 18.2 Å². The van der Waals surface area contributed by atoms with Crippen LogP contribution in [0.25, 0.3) is 0 Å². The number of carbonyl (C=O) groups is 2. The Balaban J connectivity index is 1.67. The second-order valence-electron chi connectivity index (χ2n) is 8.63. The third kappa shape index (κ3) is 5.85. The Labute approximate surface area is 192 Å². The third-order valence-electron chi connectivity index (χ3n) is 6.49. The first-order valence-corrected chi connectivity index (χ1v) is 12.0. The number of likely N-dealkylation sites (tertiary alicyclic amines) is 1. The number of rotatable bonds is 7. The number of carbonyl (C=O) groups excluding carboxylic acids is 2. The van der Waals surface area contributed by atoms with Crippen molar-refractivity contribution in [3.8, 4) is 5.75 Å². The summed E-state index contributed by atoms with van der Waals surface area (Å²) in [4.78, 5) is 34.1. The molecule has 1 atom stereocenters. The Bertz CT molecular complexity index is 775. The summed E-state index contributed by atoms with van der Waals surface area (Å²) in [7, 11) is 2.14. The van der Waals surface area contributed by atoms with Crippen molar-refractivity contribution < 1.29 is 14.3 Å². The quantitative estimate of drug-likeness (QED) is 0.699. The summed E-state index contributed by atoms with van der Waals surface area (Å²) in [6.07, 6.45) is 1.63. The lowest BCUT2D eigenvalue weighted by Gasteiger charge is -2.35. The molecule has 0 unspecified atom stereocenters. The SMILES string of the molecule is CCOc1cc(N2CCN(C)CC2)ccc1NC(=O)[C@H]1CCCN(C(=O)N(CC)CC)C1. The van der Waals surface area contributed by atoms with Gasteiger partial charge in [-0.05, 0) is 52.8 Å². The molecule has 178 valence electrons. The third-order valence-corrected chi connectivity index (χ3v) is 6.49. The molecule has 2 aliphatic rings. The number of likely N-dealkylation sites (N-methyl/N-ethyl adjacent to an activating group) is 1. The highest BCUT2D eigenvalue weighted by atomic mass is 16.5. The lowest BCUT2D eigenvalue weighted by atomic mass is 9.97. The molecule has 1 N–H and O–H groups in total. The molecule has 1 aromatic rings. The smallest absolute Gasteiger partial charge is 0.320 e. The maximum atomic E-state index is 13.1. The van der Waals surface area contributed by atoms with Crippen LogP contribution in [0, 0.1) is 5.92 Å². The van der Waals surface area contributed by atoms with Crippen LogP contribution in [0.1, 0.15) is 33.6 Å². The molecule has 2 fully saturated rings. The molecule has 3 rings (SSSR count). The van der Waals surface area contributed by atoms with Gasteiger partial charge in [-0.25, -0.2) is 4.79 Å². The molecular formula is C24H39N5O3. The summed E-state index contributed by atoms with van der Waals surface area (Å²) in [6, 6.07) is 6.05. The average Bonchev–Trinajstić information content (AvgIpc) is 2.81. The molecule has 1 aromatic carbocycles. The first kappa shape index (κ1) is 24.2. The predicted octanol–water partition coefficient (Wildman–Crippen LogP) is 2.95. The van der Waals surface area contributed by atoms with Crippen LogP contribution in [0.5, 0.6) is 5.75 Å². The number of hydrogen-bond donors (Lipinski definition) is 1. The van der Waals surface area contributed by atoms with E-state index < -0.39 is 0 Å². The number of anilines is 2. The minimum Gasteiger partial charge on any atom is -0.492 e. The van der Waals surface area contributed by atoms with Gasteiger partial charge >= 0.3 is 6.03 Å². The summed E-state index contributed by atoms with van der Waals surface area (Å²) in [5.41, 5.74) is 1.81. The number of urea groups is 1. The van der Waals surface area contributed by atoms with Crippen molar-refractivity contribution in [3.05, 3.63) is 18.2 Å². The van der Waals surface area contributed by atoms with Crippen LogP contribution < -0.4 is 15.0 Å². The van der Waals surface area contributed by atoms with E-state index in [4.69, 9.17) is 4.74 Å². The molecule has 0 aromatic heterocycles. The van der Waals surface area contributed by atoms with E-state index in [1.807, 2.05) is 42.7 Å². The van der Waals surface area contributed by atoms with Gasteiger partial charge in [0, 0.05) is 64.1 Å². The Morgan fingerprint density at radius 2 is 1.81 bits per heavy atom. The predicted molar refractivity (Wildman–Crippen MR) is 129 cm³/mol. The second-order valence-corrected chi connectivity index (χ2v) is 8.63. The van der Waals surface area contributed by atoms with Crippen molar-refractivity contribution in [2.24, 2.45) is 5.92 Å². The van der Waals surface area contributed by atoms with E-state index in [-0.39, 0.29) is 17.9 Å². The largest absolute Gasteiger partial charge is 0.492 e. The van der Waals surface area contributed by atoms with Gasteiger partial charge in [0.1, 0.15) is 5.75 Å². The molecular weight excluding hydrogens is 406 g/mol. The van der Waals surface area contributed by atoms with Crippen molar-refractivity contribution in [2.75, 3.05) is 76.2 Å². The van der Waals surface area contributed by atoms with Gasteiger partial charge in [-0.15, -0.1) is 0 Å². The van der Waals surface area contributed by atoms with E-state index in [1.54, 1.807) is 0 Å².